The smallest absolute Gasteiger partial charge is 0.224 e. The second-order valence-corrected chi connectivity index (χ2v) is 8.50. The molecule has 1 aromatic carbocycles. The molecule has 2 aliphatic heterocycles. The van der Waals surface area contributed by atoms with E-state index in [9.17, 15) is 4.79 Å². The van der Waals surface area contributed by atoms with Crippen LogP contribution in [-0.2, 0) is 4.79 Å². The molecule has 0 saturated carbocycles. The number of amides is 1. The maximum atomic E-state index is 12.5. The summed E-state index contributed by atoms with van der Waals surface area (Å²) in [7, 11) is 0. The van der Waals surface area contributed by atoms with Crippen LogP contribution < -0.4 is 15.5 Å². The predicted molar refractivity (Wildman–Crippen MR) is 123 cm³/mol. The van der Waals surface area contributed by atoms with E-state index in [-0.39, 0.29) is 36.3 Å². The average molecular weight is 430 g/mol. The SMILES string of the molecule is CC(=O)N1c2ccc(C3CCNCC3)cc2[C@H](Nc2cnc(C)cn2)[C@@H](C)[C@@H]1C.Cl. The Morgan fingerprint density at radius 1 is 1.17 bits per heavy atom. The van der Waals surface area contributed by atoms with Gasteiger partial charge in [0, 0.05) is 24.6 Å². The highest BCUT2D eigenvalue weighted by Gasteiger charge is 2.38. The molecular weight excluding hydrogens is 398 g/mol. The van der Waals surface area contributed by atoms with Gasteiger partial charge in [-0.05, 0) is 62.9 Å². The van der Waals surface area contributed by atoms with Gasteiger partial charge in [0.15, 0.2) is 0 Å². The van der Waals surface area contributed by atoms with E-state index in [0.29, 0.717) is 5.92 Å². The van der Waals surface area contributed by atoms with E-state index in [1.807, 2.05) is 11.8 Å². The zero-order valence-corrected chi connectivity index (χ0v) is 19.0. The first-order valence-corrected chi connectivity index (χ1v) is 10.6. The molecule has 30 heavy (non-hydrogen) atoms. The van der Waals surface area contributed by atoms with Gasteiger partial charge in [-0.2, -0.15) is 0 Å². The van der Waals surface area contributed by atoms with E-state index in [1.54, 1.807) is 19.3 Å². The first-order valence-electron chi connectivity index (χ1n) is 10.6. The Hall–Kier alpha value is -2.18. The Morgan fingerprint density at radius 2 is 1.90 bits per heavy atom. The van der Waals surface area contributed by atoms with Gasteiger partial charge in [0.25, 0.3) is 0 Å². The van der Waals surface area contributed by atoms with Gasteiger partial charge in [0.05, 0.1) is 24.1 Å². The normalized spacial score (nSPS) is 24.0. The van der Waals surface area contributed by atoms with Crippen molar-refractivity contribution in [3.63, 3.8) is 0 Å². The van der Waals surface area contributed by atoms with E-state index in [1.165, 1.54) is 11.1 Å². The van der Waals surface area contributed by atoms with Crippen molar-refractivity contribution < 1.29 is 4.79 Å². The molecule has 1 amide bonds. The number of halogens is 1. The van der Waals surface area contributed by atoms with Crippen LogP contribution in [0, 0.1) is 12.8 Å². The molecule has 7 heteroatoms. The van der Waals surface area contributed by atoms with Gasteiger partial charge in [-0.1, -0.05) is 19.1 Å². The van der Waals surface area contributed by atoms with E-state index >= 15 is 0 Å². The van der Waals surface area contributed by atoms with Crippen LogP contribution in [0.15, 0.2) is 30.6 Å². The van der Waals surface area contributed by atoms with Crippen molar-refractivity contribution in [2.45, 2.75) is 58.5 Å². The number of nitrogens with zero attached hydrogens (tertiary/aromatic N) is 3. The summed E-state index contributed by atoms with van der Waals surface area (Å²) < 4.78 is 0. The minimum absolute atomic E-state index is 0. The van der Waals surface area contributed by atoms with Crippen molar-refractivity contribution in [2.75, 3.05) is 23.3 Å². The Morgan fingerprint density at radius 3 is 2.53 bits per heavy atom. The highest BCUT2D eigenvalue weighted by molar-refractivity contribution is 5.94. The standard InChI is InChI=1S/C23H31N5O.ClH/c1-14-12-26-22(13-25-14)27-23-15(2)16(3)28(17(4)29)21-6-5-19(11-20(21)23)18-7-9-24-10-8-18;/h5-6,11-13,15-16,18,23-24H,7-10H2,1-4H3,(H,26,27);1H/t15-,16-,23+;/m0./s1. The van der Waals surface area contributed by atoms with Crippen LogP contribution in [0.25, 0.3) is 0 Å². The lowest BCUT2D eigenvalue weighted by molar-refractivity contribution is -0.117. The number of carbonyl (C=O) groups is 1. The molecule has 4 rings (SSSR count). The summed E-state index contributed by atoms with van der Waals surface area (Å²) in [6, 6.07) is 6.86. The summed E-state index contributed by atoms with van der Waals surface area (Å²) >= 11 is 0. The zero-order valence-electron chi connectivity index (χ0n) is 18.2. The molecule has 2 aromatic rings. The number of aromatic nitrogens is 2. The molecule has 0 unspecified atom stereocenters. The summed E-state index contributed by atoms with van der Waals surface area (Å²) in [5.41, 5.74) is 4.47. The molecule has 0 spiro atoms. The second-order valence-electron chi connectivity index (χ2n) is 8.50. The zero-order chi connectivity index (χ0) is 20.5. The van der Waals surface area contributed by atoms with Crippen LogP contribution in [0.4, 0.5) is 11.5 Å². The molecule has 2 N–H and O–H groups in total. The fourth-order valence-electron chi connectivity index (χ4n) is 4.76. The van der Waals surface area contributed by atoms with Crippen molar-refractivity contribution in [2.24, 2.45) is 5.92 Å². The summed E-state index contributed by atoms with van der Waals surface area (Å²) in [6.07, 6.45) is 5.89. The number of anilines is 2. The third-order valence-corrected chi connectivity index (χ3v) is 6.57. The number of hydrogen-bond acceptors (Lipinski definition) is 5. The lowest BCUT2D eigenvalue weighted by atomic mass is 9.80. The number of fused-ring (bicyclic) bond motifs is 1. The lowest BCUT2D eigenvalue weighted by Gasteiger charge is -2.44. The van der Waals surface area contributed by atoms with E-state index in [2.05, 4.69) is 52.6 Å². The quantitative estimate of drug-likeness (QED) is 0.764. The predicted octanol–water partition coefficient (Wildman–Crippen LogP) is 4.22. The van der Waals surface area contributed by atoms with Crippen LogP contribution in [0.5, 0.6) is 0 Å². The number of piperidine rings is 1. The Bertz CT molecular complexity index is 882. The van der Waals surface area contributed by atoms with Gasteiger partial charge in [0.1, 0.15) is 5.82 Å². The number of aryl methyl sites for hydroxylation is 1. The van der Waals surface area contributed by atoms with Crippen LogP contribution in [0.1, 0.15) is 62.4 Å². The third kappa shape index (κ3) is 4.30. The topological polar surface area (TPSA) is 70.2 Å². The Kier molecular flexibility index (Phi) is 6.98. The Balaban J connectivity index is 0.00000256. The molecule has 0 radical (unpaired) electrons. The van der Waals surface area contributed by atoms with Crippen LogP contribution in [-0.4, -0.2) is 35.0 Å². The molecule has 1 saturated heterocycles. The highest BCUT2D eigenvalue weighted by atomic mass is 35.5. The van der Waals surface area contributed by atoms with Crippen molar-refractivity contribution in [3.8, 4) is 0 Å². The fourth-order valence-corrected chi connectivity index (χ4v) is 4.76. The third-order valence-electron chi connectivity index (χ3n) is 6.57. The van der Waals surface area contributed by atoms with E-state index in [4.69, 9.17) is 0 Å². The Labute approximate surface area is 185 Å². The number of benzene rings is 1. The highest BCUT2D eigenvalue weighted by Crippen LogP contribution is 2.44. The molecular formula is C23H32ClN5O. The molecule has 6 nitrogen and oxygen atoms in total. The maximum Gasteiger partial charge on any atom is 0.224 e. The monoisotopic (exact) mass is 429 g/mol. The summed E-state index contributed by atoms with van der Waals surface area (Å²) in [4.78, 5) is 23.3. The molecule has 3 atom stereocenters. The van der Waals surface area contributed by atoms with Crippen molar-refractivity contribution in [3.05, 3.63) is 47.4 Å². The van der Waals surface area contributed by atoms with Gasteiger partial charge in [-0.15, -0.1) is 12.4 Å². The minimum Gasteiger partial charge on any atom is -0.362 e. The minimum atomic E-state index is 0. The van der Waals surface area contributed by atoms with Gasteiger partial charge in [-0.25, -0.2) is 4.98 Å². The van der Waals surface area contributed by atoms with Crippen molar-refractivity contribution in [1.29, 1.82) is 0 Å². The summed E-state index contributed by atoms with van der Waals surface area (Å²) in [5.74, 6) is 1.67. The van der Waals surface area contributed by atoms with Crippen molar-refractivity contribution in [1.82, 2.24) is 15.3 Å². The average Bonchev–Trinajstić information content (AvgIpc) is 2.73. The van der Waals surface area contributed by atoms with Gasteiger partial charge < -0.3 is 15.5 Å². The van der Waals surface area contributed by atoms with Crippen LogP contribution >= 0.6 is 12.4 Å². The van der Waals surface area contributed by atoms with E-state index in [0.717, 1.165) is 43.1 Å². The molecule has 1 aromatic heterocycles. The first kappa shape index (κ1) is 22.5. The molecule has 2 aliphatic rings. The number of rotatable bonds is 3. The van der Waals surface area contributed by atoms with Crippen LogP contribution in [0.3, 0.4) is 0 Å². The summed E-state index contributed by atoms with van der Waals surface area (Å²) in [6.45, 7) is 10.1. The molecule has 1 fully saturated rings. The number of nitrogens with one attached hydrogen (secondary N) is 2. The molecule has 0 aliphatic carbocycles. The van der Waals surface area contributed by atoms with Crippen LogP contribution in [0.2, 0.25) is 0 Å². The van der Waals surface area contributed by atoms with Gasteiger partial charge in [-0.3, -0.25) is 9.78 Å². The lowest BCUT2D eigenvalue weighted by Crippen LogP contribution is -2.48. The van der Waals surface area contributed by atoms with Gasteiger partial charge in [0.2, 0.25) is 5.91 Å². The number of hydrogen-bond donors (Lipinski definition) is 2. The molecule has 3 heterocycles. The summed E-state index contributed by atoms with van der Waals surface area (Å²) in [5, 5.41) is 7.06. The fraction of sp³-hybridized carbons (Fsp3) is 0.522. The second kappa shape index (κ2) is 9.31. The maximum absolute atomic E-state index is 12.5. The first-order chi connectivity index (χ1) is 14.0. The molecule has 0 bridgehead atoms. The van der Waals surface area contributed by atoms with Crippen molar-refractivity contribution >= 4 is 29.8 Å². The largest absolute Gasteiger partial charge is 0.362 e. The van der Waals surface area contributed by atoms with E-state index < -0.39 is 0 Å². The van der Waals surface area contributed by atoms with Gasteiger partial charge >= 0.3 is 0 Å². The molecule has 162 valence electrons. The number of carbonyl (C=O) groups excluding carboxylic acids is 1.